The second kappa shape index (κ2) is 4.53. The number of aromatic nitrogens is 2. The molecule has 1 heterocycles. The molecule has 0 fully saturated rings. The van der Waals surface area contributed by atoms with Crippen molar-refractivity contribution >= 4 is 11.6 Å². The number of hydrogen-bond acceptors (Lipinski definition) is 3. The van der Waals surface area contributed by atoms with Crippen molar-refractivity contribution in [1.29, 1.82) is 0 Å². The highest BCUT2D eigenvalue weighted by Gasteiger charge is 2.07. The number of nitrogens with zero attached hydrogens (tertiary/aromatic N) is 2. The van der Waals surface area contributed by atoms with Crippen molar-refractivity contribution in [2.45, 2.75) is 6.92 Å². The summed E-state index contributed by atoms with van der Waals surface area (Å²) in [4.78, 5) is 19.4. The Hall–Kier alpha value is -2.23. The molecule has 4 nitrogen and oxygen atoms in total. The van der Waals surface area contributed by atoms with E-state index in [-0.39, 0.29) is 11.7 Å². The Labute approximate surface area is 93.4 Å². The number of amides is 1. The number of hydrogen-bond donors (Lipinski definition) is 1. The molecule has 0 saturated carbocycles. The molecule has 2 rings (SSSR count). The van der Waals surface area contributed by atoms with Gasteiger partial charge in [0.15, 0.2) is 0 Å². The van der Waals surface area contributed by atoms with Crippen LogP contribution in [0.15, 0.2) is 42.7 Å². The predicted octanol–water partition coefficient (Wildman–Crippen LogP) is 2.04. The van der Waals surface area contributed by atoms with Gasteiger partial charge in [0, 0.05) is 18.1 Å². The predicted molar refractivity (Wildman–Crippen MR) is 61.2 cm³/mol. The van der Waals surface area contributed by atoms with E-state index in [4.69, 9.17) is 0 Å². The summed E-state index contributed by atoms with van der Waals surface area (Å²) in [5.74, 6) is -0.132. The van der Waals surface area contributed by atoms with Crippen molar-refractivity contribution in [2.24, 2.45) is 0 Å². The Morgan fingerprint density at radius 2 is 1.75 bits per heavy atom. The van der Waals surface area contributed by atoms with Crippen LogP contribution in [0, 0.1) is 6.92 Å². The maximum atomic E-state index is 11.7. The largest absolute Gasteiger partial charge is 0.319 e. The minimum Gasteiger partial charge on any atom is -0.319 e. The second-order valence-corrected chi connectivity index (χ2v) is 3.39. The second-order valence-electron chi connectivity index (χ2n) is 3.39. The van der Waals surface area contributed by atoms with Crippen LogP contribution in [0.4, 0.5) is 5.69 Å². The number of rotatable bonds is 2. The molecule has 0 radical (unpaired) electrons. The van der Waals surface area contributed by atoms with Crippen LogP contribution >= 0.6 is 0 Å². The number of aryl methyl sites for hydroxylation is 1. The minimum absolute atomic E-state index is 0.170. The van der Waals surface area contributed by atoms with Gasteiger partial charge in [-0.25, -0.2) is 9.97 Å². The molecular weight excluding hydrogens is 202 g/mol. The van der Waals surface area contributed by atoms with Crippen LogP contribution in [0.5, 0.6) is 0 Å². The zero-order valence-corrected chi connectivity index (χ0v) is 8.84. The monoisotopic (exact) mass is 213 g/mol. The van der Waals surface area contributed by atoms with E-state index in [2.05, 4.69) is 15.3 Å². The number of anilines is 1. The van der Waals surface area contributed by atoms with E-state index < -0.39 is 0 Å². The number of carbonyl (C=O) groups is 1. The fourth-order valence-electron chi connectivity index (χ4n) is 1.24. The number of nitrogens with one attached hydrogen (secondary N) is 1. The molecule has 0 unspecified atom stereocenters. The van der Waals surface area contributed by atoms with E-state index in [1.807, 2.05) is 31.2 Å². The third kappa shape index (κ3) is 2.42. The van der Waals surface area contributed by atoms with Crippen LogP contribution in [0.25, 0.3) is 0 Å². The molecule has 1 N–H and O–H groups in total. The SMILES string of the molecule is Cc1ccc(NC(=O)c2ncccn2)cc1. The van der Waals surface area contributed by atoms with E-state index in [0.29, 0.717) is 0 Å². The summed E-state index contributed by atoms with van der Waals surface area (Å²) in [5, 5.41) is 2.72. The fraction of sp³-hybridized carbons (Fsp3) is 0.0833. The van der Waals surface area contributed by atoms with Crippen molar-refractivity contribution in [2.75, 3.05) is 5.32 Å². The molecule has 80 valence electrons. The van der Waals surface area contributed by atoms with Gasteiger partial charge >= 0.3 is 0 Å². The maximum Gasteiger partial charge on any atom is 0.293 e. The topological polar surface area (TPSA) is 54.9 Å². The fourth-order valence-corrected chi connectivity index (χ4v) is 1.24. The highest BCUT2D eigenvalue weighted by molar-refractivity contribution is 6.01. The minimum atomic E-state index is -0.301. The van der Waals surface area contributed by atoms with E-state index in [0.717, 1.165) is 11.3 Å². The Bertz CT molecular complexity index is 479. The number of benzene rings is 1. The van der Waals surface area contributed by atoms with Crippen molar-refractivity contribution < 1.29 is 4.79 Å². The summed E-state index contributed by atoms with van der Waals surface area (Å²) in [6, 6.07) is 9.22. The molecular formula is C12H11N3O. The van der Waals surface area contributed by atoms with Crippen LogP contribution in [0.2, 0.25) is 0 Å². The zero-order chi connectivity index (χ0) is 11.4. The summed E-state index contributed by atoms with van der Waals surface area (Å²) in [6.45, 7) is 1.99. The third-order valence-electron chi connectivity index (χ3n) is 2.08. The molecule has 0 aliphatic heterocycles. The van der Waals surface area contributed by atoms with Gasteiger partial charge < -0.3 is 5.32 Å². The van der Waals surface area contributed by atoms with Gasteiger partial charge in [0.25, 0.3) is 5.91 Å². The normalized spacial score (nSPS) is 9.81. The molecule has 1 aromatic carbocycles. The van der Waals surface area contributed by atoms with Crippen LogP contribution in [-0.4, -0.2) is 15.9 Å². The Kier molecular flexibility index (Phi) is 2.91. The van der Waals surface area contributed by atoms with Gasteiger partial charge in [-0.1, -0.05) is 17.7 Å². The van der Waals surface area contributed by atoms with E-state index in [1.54, 1.807) is 6.07 Å². The van der Waals surface area contributed by atoms with Crippen LogP contribution in [-0.2, 0) is 0 Å². The molecule has 4 heteroatoms. The Balaban J connectivity index is 2.11. The highest BCUT2D eigenvalue weighted by Crippen LogP contribution is 2.09. The first-order valence-electron chi connectivity index (χ1n) is 4.91. The van der Waals surface area contributed by atoms with Crippen molar-refractivity contribution in [3.05, 3.63) is 54.1 Å². The van der Waals surface area contributed by atoms with E-state index >= 15 is 0 Å². The maximum absolute atomic E-state index is 11.7. The Morgan fingerprint density at radius 3 is 2.38 bits per heavy atom. The molecule has 0 aliphatic rings. The summed E-state index contributed by atoms with van der Waals surface area (Å²) in [5.41, 5.74) is 1.89. The van der Waals surface area contributed by atoms with Gasteiger partial charge in [0.1, 0.15) is 0 Å². The van der Waals surface area contributed by atoms with Gasteiger partial charge in [-0.3, -0.25) is 4.79 Å². The lowest BCUT2D eigenvalue weighted by atomic mass is 10.2. The lowest BCUT2D eigenvalue weighted by molar-refractivity contribution is 0.101. The first-order valence-corrected chi connectivity index (χ1v) is 4.91. The van der Waals surface area contributed by atoms with Crippen molar-refractivity contribution in [1.82, 2.24) is 9.97 Å². The summed E-state index contributed by atoms with van der Waals surface area (Å²) in [6.07, 6.45) is 3.08. The molecule has 1 aromatic heterocycles. The van der Waals surface area contributed by atoms with Crippen LogP contribution < -0.4 is 5.32 Å². The molecule has 16 heavy (non-hydrogen) atoms. The summed E-state index contributed by atoms with van der Waals surface area (Å²) < 4.78 is 0. The van der Waals surface area contributed by atoms with Gasteiger partial charge in [-0.15, -0.1) is 0 Å². The molecule has 0 bridgehead atoms. The van der Waals surface area contributed by atoms with Gasteiger partial charge in [0.2, 0.25) is 5.82 Å². The summed E-state index contributed by atoms with van der Waals surface area (Å²) >= 11 is 0. The molecule has 0 spiro atoms. The van der Waals surface area contributed by atoms with Crippen molar-refractivity contribution in [3.63, 3.8) is 0 Å². The molecule has 0 atom stereocenters. The molecule has 2 aromatic rings. The first-order chi connectivity index (χ1) is 7.75. The van der Waals surface area contributed by atoms with Gasteiger partial charge in [-0.2, -0.15) is 0 Å². The first kappa shape index (κ1) is 10.3. The third-order valence-corrected chi connectivity index (χ3v) is 2.08. The average molecular weight is 213 g/mol. The number of carbonyl (C=O) groups excluding carboxylic acids is 1. The molecule has 0 aliphatic carbocycles. The zero-order valence-electron chi connectivity index (χ0n) is 8.84. The van der Waals surface area contributed by atoms with Gasteiger partial charge in [-0.05, 0) is 25.1 Å². The lowest BCUT2D eigenvalue weighted by Gasteiger charge is -2.03. The smallest absolute Gasteiger partial charge is 0.293 e. The molecule has 1 amide bonds. The van der Waals surface area contributed by atoms with Crippen LogP contribution in [0.1, 0.15) is 16.2 Å². The average Bonchev–Trinajstić information content (AvgIpc) is 2.33. The quantitative estimate of drug-likeness (QED) is 0.830. The van der Waals surface area contributed by atoms with E-state index in [9.17, 15) is 4.79 Å². The van der Waals surface area contributed by atoms with Gasteiger partial charge in [0.05, 0.1) is 0 Å². The summed E-state index contributed by atoms with van der Waals surface area (Å²) in [7, 11) is 0. The van der Waals surface area contributed by atoms with E-state index in [1.165, 1.54) is 12.4 Å². The van der Waals surface area contributed by atoms with Crippen LogP contribution in [0.3, 0.4) is 0 Å². The standard InChI is InChI=1S/C12H11N3O/c1-9-3-5-10(6-4-9)15-12(16)11-13-7-2-8-14-11/h2-8H,1H3,(H,15,16). The molecule has 0 saturated heterocycles. The Morgan fingerprint density at radius 1 is 1.12 bits per heavy atom. The highest BCUT2D eigenvalue weighted by atomic mass is 16.2. The lowest BCUT2D eigenvalue weighted by Crippen LogP contribution is -2.15. The van der Waals surface area contributed by atoms with Crippen molar-refractivity contribution in [3.8, 4) is 0 Å².